The fraction of sp³-hybridized carbons (Fsp3) is 0.367. The second-order valence-corrected chi connectivity index (χ2v) is 11.2. The van der Waals surface area contributed by atoms with Crippen molar-refractivity contribution in [1.82, 2.24) is 20.4 Å². The van der Waals surface area contributed by atoms with Crippen LogP contribution < -0.4 is 15.5 Å². The summed E-state index contributed by atoms with van der Waals surface area (Å²) in [4.78, 5) is 52.1. The Kier molecular flexibility index (Phi) is 8.35. The number of carbonyl (C=O) groups excluding carboxylic acids is 4. The van der Waals surface area contributed by atoms with Crippen LogP contribution in [0.4, 0.5) is 5.69 Å². The number of hydrogen-bond acceptors (Lipinski definition) is 6. The van der Waals surface area contributed by atoms with E-state index in [2.05, 4.69) is 15.7 Å². The molecular weight excluding hydrogens is 526 g/mol. The van der Waals surface area contributed by atoms with E-state index in [1.54, 1.807) is 17.2 Å². The molecule has 1 aromatic heterocycles. The minimum absolute atomic E-state index is 0.0130. The lowest BCUT2D eigenvalue weighted by Crippen LogP contribution is -2.51. The molecule has 2 aromatic carbocycles. The van der Waals surface area contributed by atoms with E-state index in [4.69, 9.17) is 0 Å². The summed E-state index contributed by atoms with van der Waals surface area (Å²) in [6, 6.07) is 16.8. The maximum atomic E-state index is 13.0. The largest absolute Gasteiger partial charge is 0.352 e. The molecule has 10 heteroatoms. The Hall–Kier alpha value is -3.92. The summed E-state index contributed by atoms with van der Waals surface area (Å²) < 4.78 is 1.88. The summed E-state index contributed by atoms with van der Waals surface area (Å²) in [7, 11) is 0. The van der Waals surface area contributed by atoms with Crippen LogP contribution in [-0.2, 0) is 26.3 Å². The zero-order valence-electron chi connectivity index (χ0n) is 22.5. The van der Waals surface area contributed by atoms with Crippen molar-refractivity contribution in [3.8, 4) is 0 Å². The Morgan fingerprint density at radius 2 is 1.95 bits per heavy atom. The summed E-state index contributed by atoms with van der Waals surface area (Å²) in [6.07, 6.45) is 6.79. The van der Waals surface area contributed by atoms with Gasteiger partial charge in [0.05, 0.1) is 11.2 Å². The number of aromatic nitrogens is 2. The maximum absolute atomic E-state index is 13.0. The zero-order valence-corrected chi connectivity index (χ0v) is 23.3. The van der Waals surface area contributed by atoms with Crippen molar-refractivity contribution in [3.05, 3.63) is 83.7 Å². The van der Waals surface area contributed by atoms with Gasteiger partial charge in [0.15, 0.2) is 0 Å². The van der Waals surface area contributed by atoms with Crippen LogP contribution in [-0.4, -0.2) is 45.7 Å². The molecule has 9 nitrogen and oxygen atoms in total. The third-order valence-corrected chi connectivity index (χ3v) is 8.94. The van der Waals surface area contributed by atoms with Gasteiger partial charge in [0.2, 0.25) is 17.7 Å². The van der Waals surface area contributed by atoms with Gasteiger partial charge in [-0.05, 0) is 67.1 Å². The minimum Gasteiger partial charge on any atom is -0.352 e. The van der Waals surface area contributed by atoms with E-state index in [1.165, 1.54) is 11.8 Å². The fourth-order valence-corrected chi connectivity index (χ4v) is 6.59. The van der Waals surface area contributed by atoms with Crippen molar-refractivity contribution in [2.45, 2.75) is 56.4 Å². The van der Waals surface area contributed by atoms with Gasteiger partial charge in [-0.1, -0.05) is 31.2 Å². The third-order valence-electron chi connectivity index (χ3n) is 7.73. The molecule has 40 heavy (non-hydrogen) atoms. The number of amides is 4. The normalized spacial score (nSPS) is 21.0. The van der Waals surface area contributed by atoms with E-state index in [9.17, 15) is 19.2 Å². The predicted octanol–water partition coefficient (Wildman–Crippen LogP) is 3.96. The molecule has 0 bridgehead atoms. The van der Waals surface area contributed by atoms with Crippen molar-refractivity contribution < 1.29 is 19.2 Å². The van der Waals surface area contributed by atoms with Crippen LogP contribution in [0.2, 0.25) is 0 Å². The summed E-state index contributed by atoms with van der Waals surface area (Å²) in [5.74, 6) is -0.323. The Morgan fingerprint density at radius 1 is 1.12 bits per heavy atom. The topological polar surface area (TPSA) is 113 Å². The van der Waals surface area contributed by atoms with E-state index in [0.29, 0.717) is 37.1 Å². The molecular formula is C30H33N5O4S. The molecule has 3 heterocycles. The van der Waals surface area contributed by atoms with Gasteiger partial charge in [-0.3, -0.25) is 34.1 Å². The van der Waals surface area contributed by atoms with E-state index in [-0.39, 0.29) is 29.0 Å². The second-order valence-electron chi connectivity index (χ2n) is 10.1. The molecule has 2 saturated heterocycles. The van der Waals surface area contributed by atoms with Gasteiger partial charge >= 0.3 is 0 Å². The van der Waals surface area contributed by atoms with Gasteiger partial charge in [-0.25, -0.2) is 0 Å². The van der Waals surface area contributed by atoms with Crippen molar-refractivity contribution in [2.24, 2.45) is 0 Å². The summed E-state index contributed by atoms with van der Waals surface area (Å²) in [6.45, 7) is 3.34. The van der Waals surface area contributed by atoms with Gasteiger partial charge in [-0.2, -0.15) is 5.10 Å². The highest BCUT2D eigenvalue weighted by atomic mass is 32.2. The first-order valence-electron chi connectivity index (χ1n) is 13.7. The molecule has 2 fully saturated rings. The Labute approximate surface area is 237 Å². The first-order valence-corrected chi connectivity index (χ1v) is 14.7. The lowest BCUT2D eigenvalue weighted by Gasteiger charge is -2.35. The SMILES string of the molecule is CCC1(c2ccc(N3C(=O)CSC3c3cccc(C(=O)NCCCCn4cccn4)c3)cc2)CCC(=O)NC1=O. The number of anilines is 1. The Balaban J connectivity index is 1.26. The van der Waals surface area contributed by atoms with Gasteiger partial charge < -0.3 is 5.32 Å². The number of hydrogen-bond donors (Lipinski definition) is 2. The van der Waals surface area contributed by atoms with Gasteiger partial charge in [0.1, 0.15) is 5.37 Å². The minimum atomic E-state index is -0.754. The number of benzene rings is 2. The summed E-state index contributed by atoms with van der Waals surface area (Å²) in [5, 5.41) is 9.39. The molecule has 2 N–H and O–H groups in total. The highest BCUT2D eigenvalue weighted by molar-refractivity contribution is 8.00. The van der Waals surface area contributed by atoms with Crippen LogP contribution >= 0.6 is 11.8 Å². The quantitative estimate of drug-likeness (QED) is 0.287. The smallest absolute Gasteiger partial charge is 0.251 e. The molecule has 208 valence electrons. The van der Waals surface area contributed by atoms with Crippen molar-refractivity contribution in [1.29, 1.82) is 0 Å². The standard InChI is InChI=1S/C30H33N5O4S/c1-2-30(14-13-25(36)33-29(30)39)23-9-11-24(12-10-23)35-26(37)20-40-28(35)22-8-5-7-21(19-22)27(38)31-15-3-4-17-34-18-6-16-32-34/h5-12,16,18-19,28H,2-4,13-15,17,20H2,1H3,(H,31,38)(H,33,36,39). The number of thioether (sulfide) groups is 1. The molecule has 2 aliphatic rings. The molecule has 2 atom stereocenters. The zero-order chi connectivity index (χ0) is 28.1. The number of imide groups is 1. The lowest BCUT2D eigenvalue weighted by molar-refractivity contribution is -0.138. The summed E-state index contributed by atoms with van der Waals surface area (Å²) >= 11 is 1.52. The van der Waals surface area contributed by atoms with Crippen LogP contribution in [0.5, 0.6) is 0 Å². The molecule has 4 amide bonds. The third kappa shape index (κ3) is 5.67. The van der Waals surface area contributed by atoms with Crippen molar-refractivity contribution >= 4 is 41.1 Å². The lowest BCUT2D eigenvalue weighted by atomic mass is 9.72. The number of piperidine rings is 1. The highest BCUT2D eigenvalue weighted by Gasteiger charge is 2.43. The van der Waals surface area contributed by atoms with Crippen LogP contribution in [0.1, 0.15) is 65.9 Å². The Bertz CT molecular complexity index is 1390. The van der Waals surface area contributed by atoms with E-state index >= 15 is 0 Å². The fourth-order valence-electron chi connectivity index (χ4n) is 5.43. The number of unbranched alkanes of at least 4 members (excludes halogenated alkanes) is 1. The van der Waals surface area contributed by atoms with E-state index in [0.717, 1.165) is 36.2 Å². The molecule has 0 radical (unpaired) electrons. The van der Waals surface area contributed by atoms with Crippen LogP contribution in [0.25, 0.3) is 0 Å². The number of carbonyl (C=O) groups is 4. The molecule has 2 aliphatic heterocycles. The number of rotatable bonds is 10. The van der Waals surface area contributed by atoms with Crippen molar-refractivity contribution in [3.63, 3.8) is 0 Å². The van der Waals surface area contributed by atoms with Gasteiger partial charge in [0, 0.05) is 43.2 Å². The predicted molar refractivity (Wildman–Crippen MR) is 154 cm³/mol. The number of nitrogens with zero attached hydrogens (tertiary/aromatic N) is 3. The molecule has 0 aliphatic carbocycles. The monoisotopic (exact) mass is 559 g/mol. The first kappa shape index (κ1) is 27.6. The van der Waals surface area contributed by atoms with Crippen molar-refractivity contribution in [2.75, 3.05) is 17.2 Å². The number of nitrogens with one attached hydrogen (secondary N) is 2. The molecule has 0 spiro atoms. The second kappa shape index (κ2) is 12.1. The first-order chi connectivity index (χ1) is 19.4. The highest BCUT2D eigenvalue weighted by Crippen LogP contribution is 2.43. The molecule has 3 aromatic rings. The molecule has 2 unspecified atom stereocenters. The van der Waals surface area contributed by atoms with Gasteiger partial charge in [-0.15, -0.1) is 11.8 Å². The van der Waals surface area contributed by atoms with E-state index < -0.39 is 5.41 Å². The maximum Gasteiger partial charge on any atom is 0.251 e. The number of aryl methyl sites for hydroxylation is 1. The van der Waals surface area contributed by atoms with Gasteiger partial charge in [0.25, 0.3) is 5.91 Å². The molecule has 5 rings (SSSR count). The van der Waals surface area contributed by atoms with E-state index in [1.807, 2.05) is 66.3 Å². The van der Waals surface area contributed by atoms with Crippen LogP contribution in [0.15, 0.2) is 67.0 Å². The van der Waals surface area contributed by atoms with Crippen LogP contribution in [0.3, 0.4) is 0 Å². The Morgan fingerprint density at radius 3 is 2.67 bits per heavy atom. The van der Waals surface area contributed by atoms with Crippen LogP contribution in [0, 0.1) is 0 Å². The average Bonchev–Trinajstić information content (AvgIpc) is 3.63. The summed E-state index contributed by atoms with van der Waals surface area (Å²) in [5.41, 5.74) is 2.25. The molecule has 0 saturated carbocycles. The average molecular weight is 560 g/mol.